The van der Waals surface area contributed by atoms with Gasteiger partial charge in [-0.25, -0.2) is 9.18 Å². The Bertz CT molecular complexity index is 694. The molecule has 20 heavy (non-hydrogen) atoms. The van der Waals surface area contributed by atoms with Crippen molar-refractivity contribution in [1.29, 1.82) is 0 Å². The van der Waals surface area contributed by atoms with E-state index in [4.69, 9.17) is 5.11 Å². The highest BCUT2D eigenvalue weighted by atomic mass is 19.1. The highest BCUT2D eigenvalue weighted by Crippen LogP contribution is 2.16. The van der Waals surface area contributed by atoms with Gasteiger partial charge in [0.05, 0.1) is 6.20 Å². The van der Waals surface area contributed by atoms with Gasteiger partial charge in [-0.05, 0) is 24.6 Å². The molecule has 0 aliphatic heterocycles. The maximum atomic E-state index is 13.4. The van der Waals surface area contributed by atoms with E-state index in [0.29, 0.717) is 5.56 Å². The van der Waals surface area contributed by atoms with Crippen LogP contribution >= 0.6 is 0 Å². The third-order valence-electron chi connectivity index (χ3n) is 2.81. The lowest BCUT2D eigenvalue weighted by Gasteiger charge is -2.07. The molecule has 0 spiro atoms. The van der Waals surface area contributed by atoms with E-state index in [1.807, 2.05) is 0 Å². The van der Waals surface area contributed by atoms with Gasteiger partial charge in [-0.1, -0.05) is 6.07 Å². The highest BCUT2D eigenvalue weighted by Gasteiger charge is 2.21. The molecule has 0 bridgehead atoms. The lowest BCUT2D eigenvalue weighted by molar-refractivity contribution is 0.0692. The summed E-state index contributed by atoms with van der Waals surface area (Å²) >= 11 is 0. The standard InChI is InChI=1S/C13H12FN3O3/c1-7-3-4-8(5-10(7)14)16-12(18)11-9(13(19)20)6-15-17(11)2/h3-6H,1-2H3,(H,16,18)(H,19,20). The molecule has 2 N–H and O–H groups in total. The van der Waals surface area contributed by atoms with E-state index < -0.39 is 17.7 Å². The van der Waals surface area contributed by atoms with Gasteiger partial charge in [-0.15, -0.1) is 0 Å². The van der Waals surface area contributed by atoms with Crippen molar-refractivity contribution in [3.8, 4) is 0 Å². The molecule has 2 rings (SSSR count). The van der Waals surface area contributed by atoms with E-state index in [2.05, 4.69) is 10.4 Å². The molecule has 1 amide bonds. The van der Waals surface area contributed by atoms with Crippen LogP contribution in [0.15, 0.2) is 24.4 Å². The van der Waals surface area contributed by atoms with Crippen LogP contribution in [-0.4, -0.2) is 26.8 Å². The summed E-state index contributed by atoms with van der Waals surface area (Å²) in [5.41, 5.74) is 0.390. The number of hydrogen-bond acceptors (Lipinski definition) is 3. The molecule has 0 saturated heterocycles. The summed E-state index contributed by atoms with van der Waals surface area (Å²) in [5, 5.41) is 15.2. The lowest BCUT2D eigenvalue weighted by atomic mass is 10.2. The largest absolute Gasteiger partial charge is 0.478 e. The summed E-state index contributed by atoms with van der Waals surface area (Å²) in [7, 11) is 1.46. The molecule has 1 heterocycles. The first-order chi connectivity index (χ1) is 9.40. The number of hydrogen-bond donors (Lipinski definition) is 2. The number of carbonyl (C=O) groups excluding carboxylic acids is 1. The predicted molar refractivity (Wildman–Crippen MR) is 69.3 cm³/mol. The second kappa shape index (κ2) is 5.12. The third kappa shape index (κ3) is 2.51. The number of carboxylic acids is 1. The number of aromatic nitrogens is 2. The van der Waals surface area contributed by atoms with Gasteiger partial charge in [0.2, 0.25) is 0 Å². The third-order valence-corrected chi connectivity index (χ3v) is 2.81. The Morgan fingerprint density at radius 2 is 2.10 bits per heavy atom. The average Bonchev–Trinajstić information content (AvgIpc) is 2.76. The zero-order valence-corrected chi connectivity index (χ0v) is 10.8. The van der Waals surface area contributed by atoms with Gasteiger partial charge >= 0.3 is 5.97 Å². The monoisotopic (exact) mass is 277 g/mol. The minimum absolute atomic E-state index is 0.0986. The van der Waals surface area contributed by atoms with Crippen molar-refractivity contribution in [3.63, 3.8) is 0 Å². The fraction of sp³-hybridized carbons (Fsp3) is 0.154. The molecular weight excluding hydrogens is 265 g/mol. The molecule has 0 unspecified atom stereocenters. The second-order valence-electron chi connectivity index (χ2n) is 4.25. The van der Waals surface area contributed by atoms with Crippen LogP contribution in [0, 0.1) is 12.7 Å². The van der Waals surface area contributed by atoms with Gasteiger partial charge in [-0.2, -0.15) is 5.10 Å². The Labute approximate surface area is 113 Å². The molecule has 0 fully saturated rings. The van der Waals surface area contributed by atoms with Crippen LogP contribution in [0.1, 0.15) is 26.4 Å². The normalized spacial score (nSPS) is 10.3. The lowest BCUT2D eigenvalue weighted by Crippen LogP contribution is -2.19. The van der Waals surface area contributed by atoms with Crippen molar-refractivity contribution in [2.75, 3.05) is 5.32 Å². The van der Waals surface area contributed by atoms with Crippen molar-refractivity contribution >= 4 is 17.6 Å². The Balaban J connectivity index is 2.30. The number of rotatable bonds is 3. The average molecular weight is 277 g/mol. The second-order valence-corrected chi connectivity index (χ2v) is 4.25. The summed E-state index contributed by atoms with van der Waals surface area (Å²) in [4.78, 5) is 23.1. The first-order valence-corrected chi connectivity index (χ1v) is 5.73. The summed E-state index contributed by atoms with van der Waals surface area (Å²) in [6.07, 6.45) is 1.09. The number of amides is 1. The molecule has 2 aromatic rings. The van der Waals surface area contributed by atoms with E-state index in [0.717, 1.165) is 10.9 Å². The summed E-state index contributed by atoms with van der Waals surface area (Å²) in [5.74, 6) is -2.37. The first-order valence-electron chi connectivity index (χ1n) is 5.73. The fourth-order valence-electron chi connectivity index (χ4n) is 1.72. The number of aromatic carboxylic acids is 1. The smallest absolute Gasteiger partial charge is 0.339 e. The van der Waals surface area contributed by atoms with Crippen LogP contribution in [0.4, 0.5) is 10.1 Å². The molecule has 0 aliphatic carbocycles. The molecule has 0 aliphatic rings. The predicted octanol–water partition coefficient (Wildman–Crippen LogP) is 1.82. The maximum Gasteiger partial charge on any atom is 0.339 e. The Morgan fingerprint density at radius 3 is 2.70 bits per heavy atom. The van der Waals surface area contributed by atoms with Gasteiger partial charge in [0.1, 0.15) is 17.1 Å². The van der Waals surface area contributed by atoms with Crippen molar-refractivity contribution in [1.82, 2.24) is 9.78 Å². The van der Waals surface area contributed by atoms with Crippen LogP contribution < -0.4 is 5.32 Å². The summed E-state index contributed by atoms with van der Waals surface area (Å²) in [6, 6.07) is 4.23. The minimum atomic E-state index is -1.25. The molecule has 7 heteroatoms. The fourth-order valence-corrected chi connectivity index (χ4v) is 1.72. The number of halogens is 1. The van der Waals surface area contributed by atoms with Crippen LogP contribution in [0.5, 0.6) is 0 Å². The number of nitrogens with one attached hydrogen (secondary N) is 1. The Kier molecular flexibility index (Phi) is 3.51. The number of anilines is 1. The van der Waals surface area contributed by atoms with Crippen LogP contribution in [0.2, 0.25) is 0 Å². The van der Waals surface area contributed by atoms with E-state index in [1.54, 1.807) is 6.92 Å². The van der Waals surface area contributed by atoms with Gasteiger partial charge in [0.15, 0.2) is 0 Å². The van der Waals surface area contributed by atoms with E-state index >= 15 is 0 Å². The van der Waals surface area contributed by atoms with Gasteiger partial charge in [-0.3, -0.25) is 9.48 Å². The Hall–Kier alpha value is -2.70. The van der Waals surface area contributed by atoms with Gasteiger partial charge in [0.25, 0.3) is 5.91 Å². The number of aryl methyl sites for hydroxylation is 2. The number of carboxylic acid groups (broad SMARTS) is 1. The topological polar surface area (TPSA) is 84.2 Å². The van der Waals surface area contributed by atoms with Gasteiger partial charge < -0.3 is 10.4 Å². The van der Waals surface area contributed by atoms with E-state index in [-0.39, 0.29) is 16.9 Å². The molecule has 104 valence electrons. The molecule has 6 nitrogen and oxygen atoms in total. The Morgan fingerprint density at radius 1 is 1.40 bits per heavy atom. The maximum absolute atomic E-state index is 13.4. The van der Waals surface area contributed by atoms with Crippen molar-refractivity contribution in [2.45, 2.75) is 6.92 Å². The van der Waals surface area contributed by atoms with Crippen LogP contribution in [0.25, 0.3) is 0 Å². The van der Waals surface area contributed by atoms with Gasteiger partial charge in [0, 0.05) is 12.7 Å². The molecule has 0 saturated carbocycles. The molecule has 0 atom stereocenters. The zero-order chi connectivity index (χ0) is 14.9. The number of carbonyl (C=O) groups is 2. The summed E-state index contributed by atoms with van der Waals surface area (Å²) < 4.78 is 14.6. The highest BCUT2D eigenvalue weighted by molar-refractivity contribution is 6.09. The van der Waals surface area contributed by atoms with Crippen molar-refractivity contribution in [2.24, 2.45) is 7.05 Å². The SMILES string of the molecule is Cc1ccc(NC(=O)c2c(C(=O)O)cnn2C)cc1F. The molecule has 1 aromatic carbocycles. The molecule has 0 radical (unpaired) electrons. The quantitative estimate of drug-likeness (QED) is 0.896. The number of benzene rings is 1. The van der Waals surface area contributed by atoms with Crippen molar-refractivity contribution < 1.29 is 19.1 Å². The molecule has 1 aromatic heterocycles. The minimum Gasteiger partial charge on any atom is -0.478 e. The molecular formula is C13H12FN3O3. The van der Waals surface area contributed by atoms with Crippen molar-refractivity contribution in [3.05, 3.63) is 47.0 Å². The summed E-state index contributed by atoms with van der Waals surface area (Å²) in [6.45, 7) is 1.60. The van der Waals surface area contributed by atoms with Crippen LogP contribution in [-0.2, 0) is 7.05 Å². The van der Waals surface area contributed by atoms with E-state index in [1.165, 1.54) is 25.2 Å². The van der Waals surface area contributed by atoms with E-state index in [9.17, 15) is 14.0 Å². The number of nitrogens with zero attached hydrogens (tertiary/aromatic N) is 2. The van der Waals surface area contributed by atoms with Crippen LogP contribution in [0.3, 0.4) is 0 Å². The first kappa shape index (κ1) is 13.7. The zero-order valence-electron chi connectivity index (χ0n) is 10.8.